The van der Waals surface area contributed by atoms with E-state index in [0.29, 0.717) is 5.25 Å². The fraction of sp³-hybridized carbons (Fsp3) is 0.375. The van der Waals surface area contributed by atoms with Crippen LogP contribution in [0.3, 0.4) is 0 Å². The maximum Gasteiger partial charge on any atom is 0.0977 e. The monoisotopic (exact) mass is 187 g/mol. The summed E-state index contributed by atoms with van der Waals surface area (Å²) in [6, 6.07) is 3.66. The minimum absolute atomic E-state index is 0.556. The normalized spacial score (nSPS) is 10.5. The molecule has 0 saturated heterocycles. The van der Waals surface area contributed by atoms with Gasteiger partial charge in [0.15, 0.2) is 0 Å². The number of aromatic nitrogens is 1. The maximum absolute atomic E-state index is 5.77. The Morgan fingerprint density at radius 1 is 1.55 bits per heavy atom. The predicted molar refractivity (Wildman–Crippen MR) is 50.2 cm³/mol. The van der Waals surface area contributed by atoms with Crippen LogP contribution in [0.5, 0.6) is 0 Å². The van der Waals surface area contributed by atoms with Crippen molar-refractivity contribution in [1.82, 2.24) is 4.98 Å². The molecule has 1 heterocycles. The molecular weight excluding hydrogens is 178 g/mol. The van der Waals surface area contributed by atoms with Crippen molar-refractivity contribution < 1.29 is 0 Å². The molecule has 0 bridgehead atoms. The van der Waals surface area contributed by atoms with Gasteiger partial charge < -0.3 is 0 Å². The third kappa shape index (κ3) is 3.12. The zero-order valence-corrected chi connectivity index (χ0v) is 8.12. The second-order valence-electron chi connectivity index (χ2n) is 2.48. The number of nitrogens with zero attached hydrogens (tertiary/aromatic N) is 1. The molecule has 0 N–H and O–H groups in total. The van der Waals surface area contributed by atoms with E-state index in [1.54, 1.807) is 24.0 Å². The van der Waals surface area contributed by atoms with E-state index in [1.165, 1.54) is 0 Å². The third-order valence-corrected chi connectivity index (χ3v) is 2.22. The summed E-state index contributed by atoms with van der Waals surface area (Å²) in [5, 5.41) is 2.30. The molecule has 3 heteroatoms. The molecule has 0 aliphatic heterocycles. The molecule has 0 amide bonds. The van der Waals surface area contributed by atoms with Gasteiger partial charge in [-0.1, -0.05) is 25.4 Å². The number of pyridine rings is 1. The van der Waals surface area contributed by atoms with Gasteiger partial charge in [-0.15, -0.1) is 11.8 Å². The molecule has 0 aromatic carbocycles. The van der Waals surface area contributed by atoms with Gasteiger partial charge in [0.25, 0.3) is 0 Å². The molecule has 1 aromatic rings. The van der Waals surface area contributed by atoms with Crippen LogP contribution in [0, 0.1) is 0 Å². The highest BCUT2D eigenvalue weighted by Crippen LogP contribution is 2.22. The average Bonchev–Trinajstić information content (AvgIpc) is 1.85. The predicted octanol–water partition coefficient (Wildman–Crippen LogP) is 3.24. The van der Waals surface area contributed by atoms with Crippen molar-refractivity contribution in [3.63, 3.8) is 0 Å². The van der Waals surface area contributed by atoms with Gasteiger partial charge in [-0.2, -0.15) is 0 Å². The lowest BCUT2D eigenvalue weighted by molar-refractivity contribution is 1.07. The van der Waals surface area contributed by atoms with Crippen molar-refractivity contribution in [1.29, 1.82) is 0 Å². The molecule has 60 valence electrons. The Kier molecular flexibility index (Phi) is 3.21. The van der Waals surface area contributed by atoms with E-state index in [4.69, 9.17) is 11.6 Å². The molecule has 0 spiro atoms. The van der Waals surface area contributed by atoms with Crippen LogP contribution in [0.15, 0.2) is 23.4 Å². The van der Waals surface area contributed by atoms with E-state index in [0.717, 1.165) is 10.0 Å². The summed E-state index contributed by atoms with van der Waals surface area (Å²) in [5.41, 5.74) is 0. The molecule has 0 saturated carbocycles. The summed E-state index contributed by atoms with van der Waals surface area (Å²) in [7, 11) is 0. The molecule has 1 aromatic heterocycles. The van der Waals surface area contributed by atoms with Crippen molar-refractivity contribution >= 4 is 23.4 Å². The lowest BCUT2D eigenvalue weighted by Gasteiger charge is -2.02. The molecule has 0 aliphatic rings. The SMILES string of the molecule is CC(C)Sc1cc(Cl)ccn1. The summed E-state index contributed by atoms with van der Waals surface area (Å²) in [4.78, 5) is 4.16. The second kappa shape index (κ2) is 3.98. The lowest BCUT2D eigenvalue weighted by atomic mass is 10.5. The molecule has 0 fully saturated rings. The Labute approximate surface area is 76.2 Å². The van der Waals surface area contributed by atoms with Crippen LogP contribution in [-0.4, -0.2) is 10.2 Å². The molecule has 0 aliphatic carbocycles. The van der Waals surface area contributed by atoms with Crippen LogP contribution in [0.1, 0.15) is 13.8 Å². The molecule has 11 heavy (non-hydrogen) atoms. The van der Waals surface area contributed by atoms with E-state index in [2.05, 4.69) is 18.8 Å². The van der Waals surface area contributed by atoms with Crippen LogP contribution in [0.2, 0.25) is 5.02 Å². The van der Waals surface area contributed by atoms with Gasteiger partial charge in [0.1, 0.15) is 0 Å². The van der Waals surface area contributed by atoms with Gasteiger partial charge in [0.05, 0.1) is 5.03 Å². The van der Waals surface area contributed by atoms with E-state index in [-0.39, 0.29) is 0 Å². The highest BCUT2D eigenvalue weighted by atomic mass is 35.5. The van der Waals surface area contributed by atoms with E-state index in [9.17, 15) is 0 Å². The first-order valence-corrected chi connectivity index (χ1v) is 4.72. The van der Waals surface area contributed by atoms with Crippen molar-refractivity contribution in [3.05, 3.63) is 23.4 Å². The van der Waals surface area contributed by atoms with E-state index >= 15 is 0 Å². The number of halogens is 1. The topological polar surface area (TPSA) is 12.9 Å². The van der Waals surface area contributed by atoms with Gasteiger partial charge in [-0.05, 0) is 12.1 Å². The zero-order chi connectivity index (χ0) is 8.27. The maximum atomic E-state index is 5.77. The average molecular weight is 188 g/mol. The molecular formula is C8H10ClNS. The van der Waals surface area contributed by atoms with Gasteiger partial charge in [-0.3, -0.25) is 0 Å². The van der Waals surface area contributed by atoms with Gasteiger partial charge in [0, 0.05) is 16.5 Å². The van der Waals surface area contributed by atoms with Crippen LogP contribution in [0.25, 0.3) is 0 Å². The number of rotatable bonds is 2. The Balaban J connectivity index is 2.71. The van der Waals surface area contributed by atoms with Gasteiger partial charge >= 0.3 is 0 Å². The van der Waals surface area contributed by atoms with Crippen molar-refractivity contribution in [2.45, 2.75) is 24.1 Å². The van der Waals surface area contributed by atoms with Crippen LogP contribution >= 0.6 is 23.4 Å². The van der Waals surface area contributed by atoms with Crippen LogP contribution < -0.4 is 0 Å². The Bertz CT molecular complexity index is 237. The molecule has 0 atom stereocenters. The summed E-state index contributed by atoms with van der Waals surface area (Å²) in [5.74, 6) is 0. The number of hydrogen-bond donors (Lipinski definition) is 0. The van der Waals surface area contributed by atoms with E-state index < -0.39 is 0 Å². The fourth-order valence-corrected chi connectivity index (χ4v) is 1.72. The Morgan fingerprint density at radius 3 is 2.82 bits per heavy atom. The smallest absolute Gasteiger partial charge is 0.0977 e. The zero-order valence-electron chi connectivity index (χ0n) is 6.54. The third-order valence-electron chi connectivity index (χ3n) is 1.05. The fourth-order valence-electron chi connectivity index (χ4n) is 0.691. The van der Waals surface area contributed by atoms with Crippen molar-refractivity contribution in [2.75, 3.05) is 0 Å². The minimum atomic E-state index is 0.556. The molecule has 0 radical (unpaired) electrons. The summed E-state index contributed by atoms with van der Waals surface area (Å²) >= 11 is 7.49. The summed E-state index contributed by atoms with van der Waals surface area (Å²) in [6.45, 7) is 4.26. The largest absolute Gasteiger partial charge is 0.250 e. The molecule has 0 unspecified atom stereocenters. The highest BCUT2D eigenvalue weighted by Gasteiger charge is 1.98. The quantitative estimate of drug-likeness (QED) is 0.660. The van der Waals surface area contributed by atoms with Gasteiger partial charge in [-0.25, -0.2) is 4.98 Å². The number of hydrogen-bond acceptors (Lipinski definition) is 2. The number of thioether (sulfide) groups is 1. The standard InChI is InChI=1S/C8H10ClNS/c1-6(2)11-8-5-7(9)3-4-10-8/h3-6H,1-2H3. The first-order valence-electron chi connectivity index (χ1n) is 3.46. The van der Waals surface area contributed by atoms with Crippen LogP contribution in [0.4, 0.5) is 0 Å². The van der Waals surface area contributed by atoms with Gasteiger partial charge in [0.2, 0.25) is 0 Å². The second-order valence-corrected chi connectivity index (χ2v) is 4.51. The van der Waals surface area contributed by atoms with Crippen LogP contribution in [-0.2, 0) is 0 Å². The Morgan fingerprint density at radius 2 is 2.27 bits per heavy atom. The molecule has 1 nitrogen and oxygen atoms in total. The van der Waals surface area contributed by atoms with E-state index in [1.807, 2.05) is 6.07 Å². The first kappa shape index (κ1) is 8.88. The summed E-state index contributed by atoms with van der Waals surface area (Å²) in [6.07, 6.45) is 1.73. The lowest BCUT2D eigenvalue weighted by Crippen LogP contribution is -1.87. The summed E-state index contributed by atoms with van der Waals surface area (Å²) < 4.78 is 0. The van der Waals surface area contributed by atoms with Crippen molar-refractivity contribution in [3.8, 4) is 0 Å². The Hall–Kier alpha value is -0.210. The first-order chi connectivity index (χ1) is 5.18. The molecule has 1 rings (SSSR count). The minimum Gasteiger partial charge on any atom is -0.250 e. The highest BCUT2D eigenvalue weighted by molar-refractivity contribution is 7.99. The van der Waals surface area contributed by atoms with Crippen molar-refractivity contribution in [2.24, 2.45) is 0 Å².